The van der Waals surface area contributed by atoms with Crippen LogP contribution in [0.4, 0.5) is 0 Å². The molecule has 0 amide bonds. The van der Waals surface area contributed by atoms with Gasteiger partial charge in [-0.05, 0) is 0 Å². The van der Waals surface area contributed by atoms with E-state index in [0.717, 1.165) is 12.9 Å². The van der Waals surface area contributed by atoms with Gasteiger partial charge in [0.05, 0.1) is 0 Å². The summed E-state index contributed by atoms with van der Waals surface area (Å²) >= 11 is 0. The maximum absolute atomic E-state index is 8.48. The monoisotopic (exact) mass is 115 g/mol. The third kappa shape index (κ3) is 1.61. The minimum Gasteiger partial charge on any atom is -0.450 e. The summed E-state index contributed by atoms with van der Waals surface area (Å²) in [5, 5.41) is 8.48. The molecule has 1 N–H and O–H groups in total. The Morgan fingerprint density at radius 2 is 2.22 bits per heavy atom. The summed E-state index contributed by atoms with van der Waals surface area (Å²) in [7, 11) is 6.43. The zero-order chi connectivity index (χ0) is 6.69. The first kappa shape index (κ1) is 6.43. The Labute approximate surface area is 56.4 Å². The van der Waals surface area contributed by atoms with Crippen molar-refractivity contribution in [3.8, 4) is 0 Å². The maximum atomic E-state index is 8.48. The lowest BCUT2D eigenvalue weighted by Crippen LogP contribution is -2.18. The van der Waals surface area contributed by atoms with E-state index >= 15 is 0 Å². The summed E-state index contributed by atoms with van der Waals surface area (Å²) in [5.41, 5.74) is 1.40. The third-order valence-corrected chi connectivity index (χ3v) is 1.06. The summed E-state index contributed by atoms with van der Waals surface area (Å²) in [6.45, 7) is 0. The summed E-state index contributed by atoms with van der Waals surface area (Å²) in [5.74, 6) is 0. The van der Waals surface area contributed by atoms with E-state index in [9.17, 15) is 0 Å². The van der Waals surface area contributed by atoms with Gasteiger partial charge < -0.3 is 5.02 Å². The van der Waals surface area contributed by atoms with E-state index in [0.29, 0.717) is 5.46 Å². The van der Waals surface area contributed by atoms with Gasteiger partial charge in [-0.15, -0.1) is 0 Å². The molecule has 3 heteroatoms. The molecule has 0 bridgehead atoms. The molecular formula is C6H5B2O. The first-order chi connectivity index (χ1) is 4.33. The van der Waals surface area contributed by atoms with Gasteiger partial charge in [-0.3, -0.25) is 0 Å². The molecule has 41 valence electrons. The Balaban J connectivity index is 2.94. The summed E-state index contributed by atoms with van der Waals surface area (Å²) in [6.07, 6.45) is 0. The second-order valence-electron chi connectivity index (χ2n) is 1.80. The van der Waals surface area contributed by atoms with Crippen molar-refractivity contribution in [3.05, 3.63) is 24.3 Å². The minimum absolute atomic E-state index is 0.665. The fourth-order valence-corrected chi connectivity index (χ4v) is 0.639. The van der Waals surface area contributed by atoms with Gasteiger partial charge in [0, 0.05) is 0 Å². The fraction of sp³-hybridized carbons (Fsp3) is 0. The van der Waals surface area contributed by atoms with Gasteiger partial charge in [-0.25, -0.2) is 0 Å². The highest BCUT2D eigenvalue weighted by atomic mass is 16.2. The number of benzene rings is 1. The Bertz CT molecular complexity index is 200. The van der Waals surface area contributed by atoms with Crippen molar-refractivity contribution >= 4 is 26.3 Å². The molecule has 0 spiro atoms. The van der Waals surface area contributed by atoms with Gasteiger partial charge in [-0.2, -0.15) is 0 Å². The molecule has 0 heterocycles. The van der Waals surface area contributed by atoms with Crippen molar-refractivity contribution < 1.29 is 5.02 Å². The minimum atomic E-state index is 0.665. The molecule has 0 fully saturated rings. The highest BCUT2D eigenvalue weighted by molar-refractivity contribution is 6.47. The number of hydrogen-bond acceptors (Lipinski definition) is 1. The molecule has 3 radical (unpaired) electrons. The average Bonchev–Trinajstić information content (AvgIpc) is 1.88. The quantitative estimate of drug-likeness (QED) is 0.451. The number of rotatable bonds is 1. The van der Waals surface area contributed by atoms with Crippen LogP contribution in [0.25, 0.3) is 0 Å². The molecule has 1 nitrogen and oxygen atoms in total. The second-order valence-corrected chi connectivity index (χ2v) is 1.80. The van der Waals surface area contributed by atoms with Crippen LogP contribution >= 0.6 is 0 Å². The predicted octanol–water partition coefficient (Wildman–Crippen LogP) is -1.28. The van der Waals surface area contributed by atoms with Crippen molar-refractivity contribution in [2.75, 3.05) is 0 Å². The van der Waals surface area contributed by atoms with E-state index in [1.807, 2.05) is 0 Å². The fourth-order valence-electron chi connectivity index (χ4n) is 0.639. The SMILES string of the molecule is [B]c1cccc([B]O)c1. The zero-order valence-corrected chi connectivity index (χ0v) is 4.91. The highest BCUT2D eigenvalue weighted by Gasteiger charge is 1.89. The lowest BCUT2D eigenvalue weighted by atomic mass is 9.84. The van der Waals surface area contributed by atoms with Crippen molar-refractivity contribution in [2.45, 2.75) is 0 Å². The van der Waals surface area contributed by atoms with Gasteiger partial charge in [0.2, 0.25) is 0 Å². The predicted molar refractivity (Wildman–Crippen MR) is 39.4 cm³/mol. The Hall–Kier alpha value is -0.690. The molecule has 1 aromatic carbocycles. The normalized spacial score (nSPS) is 9.00. The molecule has 0 aliphatic carbocycles. The lowest BCUT2D eigenvalue weighted by molar-refractivity contribution is 0.615. The molecule has 0 unspecified atom stereocenters. The van der Waals surface area contributed by atoms with E-state index < -0.39 is 0 Å². The Morgan fingerprint density at radius 3 is 2.67 bits per heavy atom. The molecule has 0 saturated carbocycles. The van der Waals surface area contributed by atoms with Crippen molar-refractivity contribution in [3.63, 3.8) is 0 Å². The van der Waals surface area contributed by atoms with Gasteiger partial charge in [-0.1, -0.05) is 35.2 Å². The Morgan fingerprint density at radius 1 is 1.44 bits per heavy atom. The van der Waals surface area contributed by atoms with Gasteiger partial charge in [0.25, 0.3) is 0 Å². The molecular weight excluding hydrogens is 110 g/mol. The molecule has 0 aliphatic heterocycles. The van der Waals surface area contributed by atoms with Crippen molar-refractivity contribution in [2.24, 2.45) is 0 Å². The van der Waals surface area contributed by atoms with Gasteiger partial charge in [0.15, 0.2) is 0 Å². The van der Waals surface area contributed by atoms with E-state index in [1.54, 1.807) is 24.3 Å². The van der Waals surface area contributed by atoms with Gasteiger partial charge in [0.1, 0.15) is 7.85 Å². The summed E-state index contributed by atoms with van der Waals surface area (Å²) in [6, 6.07) is 7.03. The van der Waals surface area contributed by atoms with E-state index in [1.165, 1.54) is 0 Å². The van der Waals surface area contributed by atoms with Crippen LogP contribution in [-0.2, 0) is 0 Å². The topological polar surface area (TPSA) is 20.2 Å². The van der Waals surface area contributed by atoms with Crippen LogP contribution in [0.5, 0.6) is 0 Å². The molecule has 1 rings (SSSR count). The van der Waals surface area contributed by atoms with E-state index in [2.05, 4.69) is 0 Å². The summed E-state index contributed by atoms with van der Waals surface area (Å²) in [4.78, 5) is 0. The van der Waals surface area contributed by atoms with Crippen LogP contribution in [0, 0.1) is 0 Å². The number of hydrogen-bond donors (Lipinski definition) is 1. The maximum Gasteiger partial charge on any atom is 0.326 e. The van der Waals surface area contributed by atoms with Crippen LogP contribution < -0.4 is 10.9 Å². The van der Waals surface area contributed by atoms with Crippen molar-refractivity contribution in [1.29, 1.82) is 0 Å². The van der Waals surface area contributed by atoms with E-state index in [-0.39, 0.29) is 0 Å². The van der Waals surface area contributed by atoms with Crippen LogP contribution in [0.2, 0.25) is 0 Å². The first-order valence-electron chi connectivity index (χ1n) is 2.66. The second kappa shape index (κ2) is 2.74. The first-order valence-corrected chi connectivity index (χ1v) is 2.66. The Kier molecular flexibility index (Phi) is 1.96. The molecule has 0 saturated heterocycles. The summed E-state index contributed by atoms with van der Waals surface area (Å²) < 4.78 is 0. The van der Waals surface area contributed by atoms with Crippen LogP contribution in [0.15, 0.2) is 24.3 Å². The molecule has 1 aromatic rings. The molecule has 9 heavy (non-hydrogen) atoms. The van der Waals surface area contributed by atoms with Crippen LogP contribution in [0.3, 0.4) is 0 Å². The smallest absolute Gasteiger partial charge is 0.326 e. The highest BCUT2D eigenvalue weighted by Crippen LogP contribution is 1.75. The third-order valence-electron chi connectivity index (χ3n) is 1.06. The average molecular weight is 115 g/mol. The zero-order valence-electron chi connectivity index (χ0n) is 4.91. The molecule has 0 aromatic heterocycles. The van der Waals surface area contributed by atoms with Crippen LogP contribution in [0.1, 0.15) is 0 Å². The van der Waals surface area contributed by atoms with Gasteiger partial charge >= 0.3 is 7.48 Å². The van der Waals surface area contributed by atoms with Crippen molar-refractivity contribution in [1.82, 2.24) is 0 Å². The standard InChI is InChI=1S/C6H5B2O/c7-5-2-1-3-6(4-5)8-9/h1-4,9H. The molecule has 0 atom stereocenters. The lowest BCUT2D eigenvalue weighted by Gasteiger charge is -1.93. The molecule has 0 aliphatic rings. The van der Waals surface area contributed by atoms with Crippen LogP contribution in [-0.4, -0.2) is 20.4 Å². The van der Waals surface area contributed by atoms with E-state index in [4.69, 9.17) is 12.9 Å². The largest absolute Gasteiger partial charge is 0.450 e.